The van der Waals surface area contributed by atoms with Crippen molar-refractivity contribution in [2.45, 2.75) is 32.3 Å². The fraction of sp³-hybridized carbons (Fsp3) is 0.429. The molecule has 1 aromatic carbocycles. The number of hydrogen-bond acceptors (Lipinski definition) is 1. The summed E-state index contributed by atoms with van der Waals surface area (Å²) in [4.78, 5) is 0. The molecule has 1 nitrogen and oxygen atoms in total. The van der Waals surface area contributed by atoms with E-state index in [0.29, 0.717) is 0 Å². The second kappa shape index (κ2) is 7.24. The maximum atomic E-state index is 5.39. The predicted octanol–water partition coefficient (Wildman–Crippen LogP) is 3.91. The quantitative estimate of drug-likeness (QED) is 0.682. The molecule has 1 aromatic rings. The van der Waals surface area contributed by atoms with Crippen LogP contribution in [0.3, 0.4) is 0 Å². The van der Waals surface area contributed by atoms with Gasteiger partial charge in [0.05, 0.1) is 6.10 Å². The number of benzene rings is 1. The Morgan fingerprint density at radius 1 is 1.27 bits per heavy atom. The Morgan fingerprint density at radius 3 is 2.60 bits per heavy atom. The molecule has 0 aliphatic rings. The number of methoxy groups -OCH3 is 1. The molecule has 0 fully saturated rings. The Hall–Kier alpha value is -1.08. The van der Waals surface area contributed by atoms with E-state index in [0.717, 1.165) is 6.42 Å². The molecular weight excluding hydrogens is 184 g/mol. The lowest BCUT2D eigenvalue weighted by molar-refractivity contribution is 0.132. The summed E-state index contributed by atoms with van der Waals surface area (Å²) in [6.45, 7) is 2.20. The molecule has 0 heterocycles. The van der Waals surface area contributed by atoms with Crippen molar-refractivity contribution in [3.8, 4) is 0 Å². The number of rotatable bonds is 6. The Morgan fingerprint density at radius 2 is 2.00 bits per heavy atom. The second-order valence-electron chi connectivity index (χ2n) is 3.69. The minimum atomic E-state index is 0.255. The summed E-state index contributed by atoms with van der Waals surface area (Å²) >= 11 is 0. The molecule has 0 bridgehead atoms. The molecule has 1 rings (SSSR count). The zero-order valence-electron chi connectivity index (χ0n) is 9.65. The minimum Gasteiger partial charge on any atom is -0.377 e. The molecule has 0 saturated heterocycles. The largest absolute Gasteiger partial charge is 0.377 e. The summed E-state index contributed by atoms with van der Waals surface area (Å²) < 4.78 is 5.39. The van der Waals surface area contributed by atoms with E-state index in [2.05, 4.69) is 31.2 Å². The molecule has 0 N–H and O–H groups in total. The average Bonchev–Trinajstić information content (AvgIpc) is 2.31. The van der Waals surface area contributed by atoms with Crippen LogP contribution in [-0.2, 0) is 4.74 Å². The van der Waals surface area contributed by atoms with Gasteiger partial charge in [0, 0.05) is 7.11 Å². The lowest BCUT2D eigenvalue weighted by Crippen LogP contribution is -2.05. The van der Waals surface area contributed by atoms with Gasteiger partial charge in [-0.3, -0.25) is 0 Å². The van der Waals surface area contributed by atoms with Crippen molar-refractivity contribution in [3.63, 3.8) is 0 Å². The van der Waals surface area contributed by atoms with Crippen molar-refractivity contribution in [1.29, 1.82) is 0 Å². The summed E-state index contributed by atoms with van der Waals surface area (Å²) in [7, 11) is 1.77. The van der Waals surface area contributed by atoms with Crippen LogP contribution in [-0.4, -0.2) is 13.2 Å². The van der Waals surface area contributed by atoms with E-state index in [9.17, 15) is 0 Å². The number of ether oxygens (including phenoxy) is 1. The van der Waals surface area contributed by atoms with E-state index >= 15 is 0 Å². The van der Waals surface area contributed by atoms with Gasteiger partial charge in [-0.05, 0) is 12.0 Å². The maximum absolute atomic E-state index is 5.39. The van der Waals surface area contributed by atoms with Gasteiger partial charge in [0.15, 0.2) is 0 Å². The molecule has 0 aromatic heterocycles. The van der Waals surface area contributed by atoms with Gasteiger partial charge in [-0.1, -0.05) is 62.2 Å². The van der Waals surface area contributed by atoms with Crippen molar-refractivity contribution in [2.75, 3.05) is 7.11 Å². The SMILES string of the molecule is CCCCC(C=Cc1ccccc1)OC. The van der Waals surface area contributed by atoms with Gasteiger partial charge in [-0.15, -0.1) is 0 Å². The fourth-order valence-corrected chi connectivity index (χ4v) is 1.48. The van der Waals surface area contributed by atoms with E-state index in [1.54, 1.807) is 7.11 Å². The summed E-state index contributed by atoms with van der Waals surface area (Å²) in [5.74, 6) is 0. The smallest absolute Gasteiger partial charge is 0.0755 e. The highest BCUT2D eigenvalue weighted by molar-refractivity contribution is 5.49. The molecule has 0 amide bonds. The van der Waals surface area contributed by atoms with E-state index in [4.69, 9.17) is 4.74 Å². The number of hydrogen-bond donors (Lipinski definition) is 0. The minimum absolute atomic E-state index is 0.255. The van der Waals surface area contributed by atoms with Crippen molar-refractivity contribution < 1.29 is 4.74 Å². The van der Waals surface area contributed by atoms with E-state index < -0.39 is 0 Å². The maximum Gasteiger partial charge on any atom is 0.0755 e. The van der Waals surface area contributed by atoms with Gasteiger partial charge in [-0.2, -0.15) is 0 Å². The van der Waals surface area contributed by atoms with Crippen LogP contribution in [0.15, 0.2) is 36.4 Å². The average molecular weight is 204 g/mol. The third-order valence-corrected chi connectivity index (χ3v) is 2.45. The van der Waals surface area contributed by atoms with E-state index in [1.807, 2.05) is 18.2 Å². The Kier molecular flexibility index (Phi) is 5.79. The molecule has 1 heteroatoms. The van der Waals surface area contributed by atoms with Gasteiger partial charge < -0.3 is 4.74 Å². The zero-order chi connectivity index (χ0) is 10.9. The lowest BCUT2D eigenvalue weighted by atomic mass is 10.1. The Labute approximate surface area is 92.8 Å². The molecule has 0 radical (unpaired) electrons. The van der Waals surface area contributed by atoms with Gasteiger partial charge in [0.25, 0.3) is 0 Å². The fourth-order valence-electron chi connectivity index (χ4n) is 1.48. The van der Waals surface area contributed by atoms with Crippen LogP contribution in [0.1, 0.15) is 31.7 Å². The molecule has 0 aliphatic carbocycles. The summed E-state index contributed by atoms with van der Waals surface area (Å²) in [6, 6.07) is 10.3. The van der Waals surface area contributed by atoms with Crippen LogP contribution in [0.5, 0.6) is 0 Å². The van der Waals surface area contributed by atoms with Crippen molar-refractivity contribution in [3.05, 3.63) is 42.0 Å². The third kappa shape index (κ3) is 4.80. The van der Waals surface area contributed by atoms with Crippen molar-refractivity contribution in [1.82, 2.24) is 0 Å². The molecule has 1 unspecified atom stereocenters. The molecule has 0 spiro atoms. The van der Waals surface area contributed by atoms with Crippen LogP contribution in [0, 0.1) is 0 Å². The molecular formula is C14H20O. The normalized spacial score (nSPS) is 13.2. The zero-order valence-corrected chi connectivity index (χ0v) is 9.65. The number of unbranched alkanes of at least 4 members (excludes halogenated alkanes) is 1. The highest BCUT2D eigenvalue weighted by Gasteiger charge is 2.00. The van der Waals surface area contributed by atoms with Crippen LogP contribution in [0.25, 0.3) is 6.08 Å². The van der Waals surface area contributed by atoms with Crippen molar-refractivity contribution in [2.24, 2.45) is 0 Å². The Balaban J connectivity index is 2.47. The first-order chi connectivity index (χ1) is 7.36. The summed E-state index contributed by atoms with van der Waals surface area (Å²) in [5, 5.41) is 0. The van der Waals surface area contributed by atoms with Gasteiger partial charge in [-0.25, -0.2) is 0 Å². The highest BCUT2D eigenvalue weighted by atomic mass is 16.5. The van der Waals surface area contributed by atoms with Crippen LogP contribution in [0.4, 0.5) is 0 Å². The molecule has 1 atom stereocenters. The highest BCUT2D eigenvalue weighted by Crippen LogP contribution is 2.08. The van der Waals surface area contributed by atoms with Crippen molar-refractivity contribution >= 4 is 6.08 Å². The van der Waals surface area contributed by atoms with E-state index in [-0.39, 0.29) is 6.10 Å². The second-order valence-corrected chi connectivity index (χ2v) is 3.69. The topological polar surface area (TPSA) is 9.23 Å². The standard InChI is InChI=1S/C14H20O/c1-3-4-10-14(15-2)12-11-13-8-6-5-7-9-13/h5-9,11-12,14H,3-4,10H2,1-2H3. The lowest BCUT2D eigenvalue weighted by Gasteiger charge is -2.09. The van der Waals surface area contributed by atoms with E-state index in [1.165, 1.54) is 18.4 Å². The van der Waals surface area contributed by atoms with Crippen LogP contribution in [0.2, 0.25) is 0 Å². The first kappa shape index (κ1) is 12.0. The summed E-state index contributed by atoms with van der Waals surface area (Å²) in [6.07, 6.45) is 8.08. The molecule has 0 aliphatic heterocycles. The summed E-state index contributed by atoms with van der Waals surface area (Å²) in [5.41, 5.74) is 1.23. The third-order valence-electron chi connectivity index (χ3n) is 2.45. The Bertz CT molecular complexity index is 277. The first-order valence-corrected chi connectivity index (χ1v) is 5.63. The van der Waals surface area contributed by atoms with Crippen LogP contribution < -0.4 is 0 Å². The van der Waals surface area contributed by atoms with Gasteiger partial charge in [0.2, 0.25) is 0 Å². The molecule has 82 valence electrons. The first-order valence-electron chi connectivity index (χ1n) is 5.63. The molecule has 15 heavy (non-hydrogen) atoms. The molecule has 0 saturated carbocycles. The van der Waals surface area contributed by atoms with Gasteiger partial charge >= 0.3 is 0 Å². The van der Waals surface area contributed by atoms with Gasteiger partial charge in [0.1, 0.15) is 0 Å². The monoisotopic (exact) mass is 204 g/mol. The van der Waals surface area contributed by atoms with Crippen LogP contribution >= 0.6 is 0 Å². The predicted molar refractivity (Wildman–Crippen MR) is 65.8 cm³/mol.